The molecule has 31 heavy (non-hydrogen) atoms. The number of guanidine groups is 1. The highest BCUT2D eigenvalue weighted by molar-refractivity contribution is 6.01. The van der Waals surface area contributed by atoms with Crippen LogP contribution in [0, 0.1) is 0 Å². The Morgan fingerprint density at radius 3 is 2.29 bits per heavy atom. The first kappa shape index (κ1) is 28.4. The Bertz CT molecular complexity index is 638. The van der Waals surface area contributed by atoms with Gasteiger partial charge in [-0.15, -0.1) is 11.6 Å². The van der Waals surface area contributed by atoms with Crippen molar-refractivity contribution in [3.05, 3.63) is 25.3 Å². The summed E-state index contributed by atoms with van der Waals surface area (Å²) >= 11 is 0. The Labute approximate surface area is 186 Å². The van der Waals surface area contributed by atoms with Crippen LogP contribution in [0.3, 0.4) is 0 Å². The molecule has 0 saturated carbocycles. The Morgan fingerprint density at radius 2 is 1.71 bits per heavy atom. The highest BCUT2D eigenvalue weighted by Gasteiger charge is 2.20. The molecule has 0 heterocycles. The third-order valence-electron chi connectivity index (χ3n) is 4.03. The van der Waals surface area contributed by atoms with E-state index < -0.39 is 23.8 Å². The normalized spacial score (nSPS) is 12.5. The first-order valence-corrected chi connectivity index (χ1v) is 10.7. The number of nitrogens with one attached hydrogen (secondary N) is 1. The molecular formula is C23H39N3O5. The molecule has 1 atom stereocenters. The van der Waals surface area contributed by atoms with E-state index in [1.54, 1.807) is 27.7 Å². The number of hydrogen-bond donors (Lipinski definition) is 1. The van der Waals surface area contributed by atoms with Gasteiger partial charge in [0.2, 0.25) is 11.9 Å². The first-order valence-electron chi connectivity index (χ1n) is 10.7. The predicted molar refractivity (Wildman–Crippen MR) is 123 cm³/mol. The van der Waals surface area contributed by atoms with Crippen molar-refractivity contribution >= 4 is 23.9 Å². The van der Waals surface area contributed by atoms with Crippen LogP contribution in [0.25, 0.3) is 0 Å². The van der Waals surface area contributed by atoms with Gasteiger partial charge in [0.1, 0.15) is 18.2 Å². The summed E-state index contributed by atoms with van der Waals surface area (Å²) in [5.41, 5.74) is -0.738. The van der Waals surface area contributed by atoms with Crippen molar-refractivity contribution in [2.75, 3.05) is 13.6 Å². The molecule has 0 aliphatic carbocycles. The highest BCUT2D eigenvalue weighted by atomic mass is 16.6. The lowest BCUT2D eigenvalue weighted by Crippen LogP contribution is -2.45. The zero-order valence-electron chi connectivity index (χ0n) is 19.7. The second kappa shape index (κ2) is 15.2. The number of allylic oxidation sites excluding steroid dienone is 1. The number of unbranched alkanes of at least 4 members (excludes halogenated alkanes) is 5. The number of likely N-dealkylation sites (N-methyl/N-ethyl adjacent to an activating group) is 1. The van der Waals surface area contributed by atoms with Gasteiger partial charge in [0.15, 0.2) is 0 Å². The van der Waals surface area contributed by atoms with Crippen molar-refractivity contribution in [1.29, 1.82) is 0 Å². The molecule has 0 saturated heterocycles. The molecule has 8 heteroatoms. The Morgan fingerprint density at radius 1 is 1.10 bits per heavy atom. The van der Waals surface area contributed by atoms with E-state index in [9.17, 15) is 14.4 Å². The van der Waals surface area contributed by atoms with Gasteiger partial charge in [-0.1, -0.05) is 38.0 Å². The molecule has 0 aliphatic heterocycles. The quantitative estimate of drug-likeness (QED) is 0.160. The lowest BCUT2D eigenvalue weighted by atomic mass is 10.1. The van der Waals surface area contributed by atoms with E-state index in [4.69, 9.17) is 9.47 Å². The second-order valence-electron chi connectivity index (χ2n) is 8.35. The molecule has 0 spiro atoms. The summed E-state index contributed by atoms with van der Waals surface area (Å²) in [5, 5.41) is 2.61. The molecule has 1 N–H and O–H groups in total. The minimum absolute atomic E-state index is 0.0616. The van der Waals surface area contributed by atoms with Crippen molar-refractivity contribution in [1.82, 2.24) is 10.2 Å². The molecule has 0 aromatic heterocycles. The minimum Gasteiger partial charge on any atom is -0.457 e. The van der Waals surface area contributed by atoms with Crippen LogP contribution in [0.2, 0.25) is 0 Å². The second-order valence-corrected chi connectivity index (χ2v) is 8.35. The fourth-order valence-corrected chi connectivity index (χ4v) is 2.43. The van der Waals surface area contributed by atoms with Gasteiger partial charge in [-0.3, -0.25) is 14.9 Å². The molecule has 0 aliphatic rings. The van der Waals surface area contributed by atoms with Crippen LogP contribution in [0.4, 0.5) is 4.79 Å². The first-order chi connectivity index (χ1) is 14.5. The van der Waals surface area contributed by atoms with E-state index in [1.165, 1.54) is 18.0 Å². The molecule has 0 bridgehead atoms. The monoisotopic (exact) mass is 437 g/mol. The zero-order chi connectivity index (χ0) is 23.9. The van der Waals surface area contributed by atoms with Crippen LogP contribution < -0.4 is 5.32 Å². The molecule has 0 fully saturated rings. The van der Waals surface area contributed by atoms with E-state index in [0.29, 0.717) is 6.42 Å². The number of carbonyl (C=O) groups is 3. The average molecular weight is 438 g/mol. The standard InChI is InChI=1S/C23H39N3O5/c1-8-10-11-12-13-14-15-16-19(27)24-21(25-22(29)31-23(4,5)6)26(7)17-20(28)30-18(3)9-2/h8-9,18H,1-2,10-17H2,3-7H3,(H,24,25,27,29). The molecule has 2 amide bonds. The Balaban J connectivity index is 4.92. The van der Waals surface area contributed by atoms with Crippen LogP contribution in [0.1, 0.15) is 72.6 Å². The largest absolute Gasteiger partial charge is 0.457 e. The Hall–Kier alpha value is -2.64. The van der Waals surface area contributed by atoms with Gasteiger partial charge in [-0.05, 0) is 47.0 Å². The Kier molecular flexibility index (Phi) is 13.9. The lowest BCUT2D eigenvalue weighted by Gasteiger charge is -2.22. The minimum atomic E-state index is -0.857. The number of rotatable bonds is 12. The summed E-state index contributed by atoms with van der Waals surface area (Å²) in [5.74, 6) is -0.887. The third kappa shape index (κ3) is 15.8. The fraction of sp³-hybridized carbons (Fsp3) is 0.652. The number of hydrogen-bond acceptors (Lipinski definition) is 5. The maximum Gasteiger partial charge on any atom is 0.437 e. The number of nitrogens with zero attached hydrogens (tertiary/aromatic N) is 2. The van der Waals surface area contributed by atoms with Crippen molar-refractivity contribution in [3.63, 3.8) is 0 Å². The third-order valence-corrected chi connectivity index (χ3v) is 4.03. The predicted octanol–water partition coefficient (Wildman–Crippen LogP) is 4.36. The molecule has 0 radical (unpaired) electrons. The summed E-state index contributed by atoms with van der Waals surface area (Å²) < 4.78 is 10.3. The molecule has 0 aromatic rings. The summed E-state index contributed by atoms with van der Waals surface area (Å²) in [6.07, 6.45) is 8.31. The van der Waals surface area contributed by atoms with Gasteiger partial charge in [-0.2, -0.15) is 0 Å². The van der Waals surface area contributed by atoms with E-state index in [-0.39, 0.29) is 18.4 Å². The van der Waals surface area contributed by atoms with E-state index >= 15 is 0 Å². The number of esters is 1. The molecular weight excluding hydrogens is 398 g/mol. The van der Waals surface area contributed by atoms with Gasteiger partial charge in [0, 0.05) is 13.5 Å². The number of ether oxygens (including phenoxy) is 2. The van der Waals surface area contributed by atoms with Crippen LogP contribution in [0.15, 0.2) is 30.3 Å². The van der Waals surface area contributed by atoms with Crippen molar-refractivity contribution in [2.45, 2.75) is 84.3 Å². The smallest absolute Gasteiger partial charge is 0.437 e. The molecule has 0 rings (SSSR count). The van der Waals surface area contributed by atoms with E-state index in [2.05, 4.69) is 23.5 Å². The molecule has 8 nitrogen and oxygen atoms in total. The number of carbonyl (C=O) groups excluding carboxylic acids is 3. The van der Waals surface area contributed by atoms with Crippen molar-refractivity contribution < 1.29 is 23.9 Å². The maximum atomic E-state index is 12.4. The van der Waals surface area contributed by atoms with Gasteiger partial charge in [-0.25, -0.2) is 4.79 Å². The van der Waals surface area contributed by atoms with E-state index in [0.717, 1.165) is 38.5 Å². The summed E-state index contributed by atoms with van der Waals surface area (Å²) in [6, 6.07) is 0. The van der Waals surface area contributed by atoms with Crippen molar-refractivity contribution in [3.8, 4) is 0 Å². The molecule has 1 unspecified atom stereocenters. The highest BCUT2D eigenvalue weighted by Crippen LogP contribution is 2.09. The van der Waals surface area contributed by atoms with E-state index in [1.807, 2.05) is 6.08 Å². The van der Waals surface area contributed by atoms with Crippen molar-refractivity contribution in [2.24, 2.45) is 4.99 Å². The summed E-state index contributed by atoms with van der Waals surface area (Å²) in [4.78, 5) is 41.7. The summed E-state index contributed by atoms with van der Waals surface area (Å²) in [7, 11) is 1.53. The van der Waals surface area contributed by atoms with Gasteiger partial charge in [0.05, 0.1) is 0 Å². The zero-order valence-corrected chi connectivity index (χ0v) is 19.7. The van der Waals surface area contributed by atoms with Crippen LogP contribution in [0.5, 0.6) is 0 Å². The van der Waals surface area contributed by atoms with Crippen LogP contribution in [-0.4, -0.2) is 54.1 Å². The van der Waals surface area contributed by atoms with Crippen LogP contribution in [-0.2, 0) is 19.1 Å². The number of amides is 2. The topological polar surface area (TPSA) is 97.3 Å². The van der Waals surface area contributed by atoms with Gasteiger partial charge >= 0.3 is 12.1 Å². The maximum absolute atomic E-state index is 12.4. The van der Waals surface area contributed by atoms with Gasteiger partial charge < -0.3 is 14.4 Å². The number of aliphatic imine (C=N–C) groups is 1. The summed E-state index contributed by atoms with van der Waals surface area (Å²) in [6.45, 7) is 13.9. The molecule has 176 valence electrons. The van der Waals surface area contributed by atoms with Gasteiger partial charge in [0.25, 0.3) is 0 Å². The SMILES string of the molecule is C=CCCCCCCCC(=O)N/C(=N/C(=O)OC(C)(C)C)N(C)CC(=O)OC(C)C=C. The molecule has 0 aromatic carbocycles. The average Bonchev–Trinajstić information content (AvgIpc) is 2.64. The van der Waals surface area contributed by atoms with Crippen LogP contribution >= 0.6 is 0 Å². The fourth-order valence-electron chi connectivity index (χ4n) is 2.43. The lowest BCUT2D eigenvalue weighted by molar-refractivity contribution is -0.146.